The van der Waals surface area contributed by atoms with Gasteiger partial charge < -0.3 is 5.32 Å². The van der Waals surface area contributed by atoms with Crippen LogP contribution in [0.5, 0.6) is 0 Å². The van der Waals surface area contributed by atoms with Crippen LogP contribution in [0.2, 0.25) is 0 Å². The number of rotatable bonds is 7. The normalized spacial score (nSPS) is 20.4. The number of pyridine rings is 1. The molecule has 2 heterocycles. The second kappa shape index (κ2) is 7.89. The zero-order chi connectivity index (χ0) is 21.3. The molecule has 9 heteroatoms. The predicted octanol–water partition coefficient (Wildman–Crippen LogP) is 4.04. The Bertz CT molecular complexity index is 1040. The van der Waals surface area contributed by atoms with Crippen LogP contribution in [0.4, 0.5) is 19.0 Å². The van der Waals surface area contributed by atoms with E-state index in [1.165, 1.54) is 16.8 Å². The molecule has 0 unspecified atom stereocenters. The predicted molar refractivity (Wildman–Crippen MR) is 103 cm³/mol. The van der Waals surface area contributed by atoms with Gasteiger partial charge in [0, 0.05) is 17.9 Å². The Kier molecular flexibility index (Phi) is 5.27. The van der Waals surface area contributed by atoms with Gasteiger partial charge in [-0.3, -0.25) is 4.79 Å². The van der Waals surface area contributed by atoms with Gasteiger partial charge in [0.15, 0.2) is 0 Å². The Morgan fingerprint density at radius 2 is 2.03 bits per heavy atom. The van der Waals surface area contributed by atoms with E-state index in [0.717, 1.165) is 11.8 Å². The maximum atomic E-state index is 13.0. The Hall–Kier alpha value is -3.23. The van der Waals surface area contributed by atoms with Crippen LogP contribution in [-0.4, -0.2) is 25.7 Å². The van der Waals surface area contributed by atoms with E-state index in [-0.39, 0.29) is 17.6 Å². The van der Waals surface area contributed by atoms with Crippen molar-refractivity contribution in [3.05, 3.63) is 71.7 Å². The largest absolute Gasteiger partial charge is 0.310 e. The summed E-state index contributed by atoms with van der Waals surface area (Å²) in [4.78, 5) is 20.5. The molecule has 1 aliphatic carbocycles. The fraction of sp³-hybridized carbons (Fsp3) is 0.333. The van der Waals surface area contributed by atoms with Crippen molar-refractivity contribution >= 4 is 11.7 Å². The molecule has 3 aromatic rings. The van der Waals surface area contributed by atoms with E-state index in [9.17, 15) is 18.0 Å². The van der Waals surface area contributed by atoms with Crippen molar-refractivity contribution < 1.29 is 18.0 Å². The lowest BCUT2D eigenvalue weighted by Gasteiger charge is -2.18. The minimum atomic E-state index is -2.73. The second-order valence-electron chi connectivity index (χ2n) is 7.42. The molecule has 156 valence electrons. The molecule has 1 amide bonds. The number of alkyl halides is 2. The van der Waals surface area contributed by atoms with E-state index in [0.29, 0.717) is 25.2 Å². The zero-order valence-corrected chi connectivity index (χ0v) is 16.2. The molecular formula is C21H20F3N5O. The molecule has 0 aliphatic heterocycles. The van der Waals surface area contributed by atoms with Gasteiger partial charge in [-0.1, -0.05) is 30.3 Å². The first kappa shape index (κ1) is 20.1. The third-order valence-corrected chi connectivity index (χ3v) is 5.56. The third kappa shape index (κ3) is 3.92. The summed E-state index contributed by atoms with van der Waals surface area (Å²) in [5.41, 5.74) is 0.568. The van der Waals surface area contributed by atoms with Crippen molar-refractivity contribution in [3.63, 3.8) is 0 Å². The van der Waals surface area contributed by atoms with Crippen LogP contribution in [0.3, 0.4) is 0 Å². The number of nitrogens with zero attached hydrogens (tertiary/aromatic N) is 4. The Balaban J connectivity index is 1.53. The van der Waals surface area contributed by atoms with E-state index in [4.69, 9.17) is 0 Å². The molecule has 1 N–H and O–H groups in total. The lowest BCUT2D eigenvalue weighted by atomic mass is 9.89. The van der Waals surface area contributed by atoms with Crippen molar-refractivity contribution in [2.45, 2.75) is 38.2 Å². The topological polar surface area (TPSA) is 72.7 Å². The Labute approximate surface area is 171 Å². The van der Waals surface area contributed by atoms with Crippen molar-refractivity contribution in [2.75, 3.05) is 5.32 Å². The van der Waals surface area contributed by atoms with E-state index in [1.54, 1.807) is 6.92 Å². The number of benzene rings is 1. The fourth-order valence-electron chi connectivity index (χ4n) is 3.87. The highest BCUT2D eigenvalue weighted by molar-refractivity contribution is 5.95. The highest BCUT2D eigenvalue weighted by Crippen LogP contribution is 2.57. The maximum absolute atomic E-state index is 13.0. The molecule has 0 saturated heterocycles. The van der Waals surface area contributed by atoms with Crippen LogP contribution < -0.4 is 5.32 Å². The van der Waals surface area contributed by atoms with Crippen LogP contribution in [0.15, 0.2) is 48.7 Å². The Morgan fingerprint density at radius 1 is 1.27 bits per heavy atom. The SMILES string of the molecule is Cc1nc(C(F)F)nn1CC[C@@]1(c2ccccc2)C[C@H]1C(=O)Nc1ccc(F)cn1. The highest BCUT2D eigenvalue weighted by atomic mass is 19.3. The summed E-state index contributed by atoms with van der Waals surface area (Å²) in [6, 6.07) is 12.3. The lowest BCUT2D eigenvalue weighted by Crippen LogP contribution is -2.23. The summed E-state index contributed by atoms with van der Waals surface area (Å²) in [7, 11) is 0. The number of aromatic nitrogens is 4. The van der Waals surface area contributed by atoms with Crippen LogP contribution in [-0.2, 0) is 16.8 Å². The van der Waals surface area contributed by atoms with Gasteiger partial charge in [0.25, 0.3) is 6.43 Å². The van der Waals surface area contributed by atoms with Gasteiger partial charge >= 0.3 is 0 Å². The monoisotopic (exact) mass is 415 g/mol. The van der Waals surface area contributed by atoms with E-state index < -0.39 is 23.5 Å². The number of hydrogen-bond donors (Lipinski definition) is 1. The molecule has 1 aromatic carbocycles. The number of aryl methyl sites for hydroxylation is 2. The molecule has 0 bridgehead atoms. The van der Waals surface area contributed by atoms with Gasteiger partial charge in [-0.25, -0.2) is 27.8 Å². The standard InChI is InChI=1S/C21H20F3N5O/c1-13-26-19(18(23)24)28-29(13)10-9-21(14-5-3-2-4-6-14)11-16(21)20(30)27-17-8-7-15(22)12-25-17/h2-8,12,16,18H,9-11H2,1H3,(H,25,27,30)/t16-,21-/m0/s1. The molecule has 0 radical (unpaired) electrons. The molecule has 1 aliphatic rings. The molecule has 1 saturated carbocycles. The number of anilines is 1. The molecule has 1 fully saturated rings. The number of carbonyl (C=O) groups is 1. The fourth-order valence-corrected chi connectivity index (χ4v) is 3.87. The number of halogens is 3. The molecule has 0 spiro atoms. The third-order valence-electron chi connectivity index (χ3n) is 5.56. The average molecular weight is 415 g/mol. The van der Waals surface area contributed by atoms with Gasteiger partial charge in [0.2, 0.25) is 11.7 Å². The van der Waals surface area contributed by atoms with Gasteiger partial charge in [-0.2, -0.15) is 0 Å². The lowest BCUT2D eigenvalue weighted by molar-refractivity contribution is -0.117. The van der Waals surface area contributed by atoms with Crippen LogP contribution in [0.25, 0.3) is 0 Å². The minimum Gasteiger partial charge on any atom is -0.310 e. The number of amides is 1. The quantitative estimate of drug-likeness (QED) is 0.632. The van der Waals surface area contributed by atoms with Crippen molar-refractivity contribution in [1.82, 2.24) is 19.7 Å². The summed E-state index contributed by atoms with van der Waals surface area (Å²) < 4.78 is 40.3. The smallest absolute Gasteiger partial charge is 0.299 e. The number of hydrogen-bond acceptors (Lipinski definition) is 4. The van der Waals surface area contributed by atoms with E-state index in [1.807, 2.05) is 30.3 Å². The molecule has 30 heavy (non-hydrogen) atoms. The van der Waals surface area contributed by atoms with Crippen LogP contribution in [0, 0.1) is 18.7 Å². The summed E-state index contributed by atoms with van der Waals surface area (Å²) in [5.74, 6) is -0.806. The van der Waals surface area contributed by atoms with Crippen LogP contribution >= 0.6 is 0 Å². The van der Waals surface area contributed by atoms with E-state index >= 15 is 0 Å². The van der Waals surface area contributed by atoms with Crippen molar-refractivity contribution in [3.8, 4) is 0 Å². The first-order chi connectivity index (χ1) is 14.4. The first-order valence-corrected chi connectivity index (χ1v) is 9.56. The van der Waals surface area contributed by atoms with Gasteiger partial charge in [0.05, 0.1) is 6.20 Å². The van der Waals surface area contributed by atoms with Gasteiger partial charge in [-0.05, 0) is 37.5 Å². The van der Waals surface area contributed by atoms with E-state index in [2.05, 4.69) is 20.4 Å². The summed E-state index contributed by atoms with van der Waals surface area (Å²) in [6.07, 6.45) is -0.532. The summed E-state index contributed by atoms with van der Waals surface area (Å²) in [5, 5.41) is 6.62. The van der Waals surface area contributed by atoms with Crippen molar-refractivity contribution in [2.24, 2.45) is 5.92 Å². The molecule has 2 aromatic heterocycles. The highest BCUT2D eigenvalue weighted by Gasteiger charge is 2.58. The molecular weight excluding hydrogens is 395 g/mol. The molecule has 6 nitrogen and oxygen atoms in total. The summed E-state index contributed by atoms with van der Waals surface area (Å²) in [6.45, 7) is 1.99. The average Bonchev–Trinajstić information content (AvgIpc) is 3.37. The molecule has 2 atom stereocenters. The van der Waals surface area contributed by atoms with Gasteiger partial charge in [-0.15, -0.1) is 5.10 Å². The second-order valence-corrected chi connectivity index (χ2v) is 7.42. The first-order valence-electron chi connectivity index (χ1n) is 9.56. The van der Waals surface area contributed by atoms with Crippen molar-refractivity contribution in [1.29, 1.82) is 0 Å². The molecule has 4 rings (SSSR count). The zero-order valence-electron chi connectivity index (χ0n) is 16.2. The Morgan fingerprint density at radius 3 is 2.67 bits per heavy atom. The number of nitrogens with one attached hydrogen (secondary N) is 1. The summed E-state index contributed by atoms with van der Waals surface area (Å²) >= 11 is 0. The van der Waals surface area contributed by atoms with Crippen LogP contribution in [0.1, 0.15) is 36.5 Å². The maximum Gasteiger partial charge on any atom is 0.299 e. The minimum absolute atomic E-state index is 0.207. The van der Waals surface area contributed by atoms with Gasteiger partial charge in [0.1, 0.15) is 17.5 Å². The number of carbonyl (C=O) groups excluding carboxylic acids is 1.